The number of alkyl halides is 3. The molecule has 3 nitrogen and oxygen atoms in total. The van der Waals surface area contributed by atoms with Crippen molar-refractivity contribution in [2.75, 3.05) is 0 Å². The highest BCUT2D eigenvalue weighted by Crippen LogP contribution is 2.34. The predicted molar refractivity (Wildman–Crippen MR) is 82.6 cm³/mol. The fraction of sp³-hybridized carbons (Fsp3) is 0.250. The van der Waals surface area contributed by atoms with Crippen LogP contribution in [0.2, 0.25) is 5.02 Å². The van der Waals surface area contributed by atoms with Crippen LogP contribution in [-0.4, -0.2) is 14.6 Å². The van der Waals surface area contributed by atoms with Gasteiger partial charge in [-0.2, -0.15) is 18.3 Å². The summed E-state index contributed by atoms with van der Waals surface area (Å²) >= 11 is 6.07. The van der Waals surface area contributed by atoms with Gasteiger partial charge in [0.25, 0.3) is 0 Å². The van der Waals surface area contributed by atoms with Gasteiger partial charge in [-0.05, 0) is 44.0 Å². The number of halogens is 4. The van der Waals surface area contributed by atoms with Crippen molar-refractivity contribution in [2.24, 2.45) is 0 Å². The van der Waals surface area contributed by atoms with Crippen LogP contribution in [0, 0.1) is 20.8 Å². The number of nitrogens with zero attached hydrogens (tertiary/aromatic N) is 3. The van der Waals surface area contributed by atoms with Gasteiger partial charge < -0.3 is 0 Å². The van der Waals surface area contributed by atoms with Crippen molar-refractivity contribution in [2.45, 2.75) is 26.9 Å². The van der Waals surface area contributed by atoms with E-state index in [-0.39, 0.29) is 16.4 Å². The Hall–Kier alpha value is -2.08. The van der Waals surface area contributed by atoms with Crippen molar-refractivity contribution in [3.05, 3.63) is 51.8 Å². The number of hydrogen-bond donors (Lipinski definition) is 0. The topological polar surface area (TPSA) is 30.2 Å². The summed E-state index contributed by atoms with van der Waals surface area (Å²) < 4.78 is 40.9. The molecule has 0 saturated heterocycles. The highest BCUT2D eigenvalue weighted by atomic mass is 35.5. The third-order valence-corrected chi connectivity index (χ3v) is 4.23. The molecule has 120 valence electrons. The Balaban J connectivity index is 2.34. The van der Waals surface area contributed by atoms with E-state index in [4.69, 9.17) is 11.6 Å². The molecule has 0 radical (unpaired) electrons. The molecule has 0 saturated carbocycles. The molecule has 7 heteroatoms. The van der Waals surface area contributed by atoms with Crippen LogP contribution in [0.25, 0.3) is 16.9 Å². The van der Waals surface area contributed by atoms with Crippen LogP contribution in [0.5, 0.6) is 0 Å². The number of rotatable bonds is 1. The summed E-state index contributed by atoms with van der Waals surface area (Å²) in [5.74, 6) is 0. The highest BCUT2D eigenvalue weighted by Gasteiger charge is 2.35. The minimum absolute atomic E-state index is 0.00668. The van der Waals surface area contributed by atoms with Crippen LogP contribution < -0.4 is 0 Å². The molecular formula is C16H13ClF3N3. The third-order valence-electron chi connectivity index (χ3n) is 3.79. The molecule has 0 amide bonds. The lowest BCUT2D eigenvalue weighted by molar-refractivity contribution is -0.142. The summed E-state index contributed by atoms with van der Waals surface area (Å²) in [6.07, 6.45) is -4.56. The van der Waals surface area contributed by atoms with Crippen LogP contribution in [0.15, 0.2) is 24.3 Å². The second-order valence-corrected chi connectivity index (χ2v) is 5.84. The zero-order valence-electron chi connectivity index (χ0n) is 12.7. The number of fused-ring (bicyclic) bond motifs is 1. The fourth-order valence-electron chi connectivity index (χ4n) is 2.35. The van der Waals surface area contributed by atoms with Crippen LogP contribution in [0.4, 0.5) is 13.2 Å². The summed E-state index contributed by atoms with van der Waals surface area (Å²) in [5, 5.41) is 3.97. The van der Waals surface area contributed by atoms with E-state index in [1.54, 1.807) is 13.0 Å². The Bertz CT molecular complexity index is 913. The Morgan fingerprint density at radius 3 is 2.35 bits per heavy atom. The molecular weight excluding hydrogens is 327 g/mol. The molecule has 0 aliphatic rings. The van der Waals surface area contributed by atoms with Crippen molar-refractivity contribution in [1.82, 2.24) is 14.6 Å². The zero-order valence-corrected chi connectivity index (χ0v) is 13.4. The molecule has 0 fully saturated rings. The molecule has 1 aromatic carbocycles. The Morgan fingerprint density at radius 2 is 1.74 bits per heavy atom. The van der Waals surface area contributed by atoms with Crippen molar-refractivity contribution in [3.63, 3.8) is 0 Å². The molecule has 3 aromatic rings. The maximum atomic E-state index is 13.4. The molecule has 0 aliphatic heterocycles. The van der Waals surface area contributed by atoms with E-state index >= 15 is 0 Å². The van der Waals surface area contributed by atoms with Crippen molar-refractivity contribution in [1.29, 1.82) is 0 Å². The first-order valence-electron chi connectivity index (χ1n) is 6.89. The summed E-state index contributed by atoms with van der Waals surface area (Å²) in [7, 11) is 0. The second kappa shape index (κ2) is 5.23. The molecule has 0 unspecified atom stereocenters. The van der Waals surface area contributed by atoms with Gasteiger partial charge in [0.05, 0.1) is 11.4 Å². The number of hydrogen-bond acceptors (Lipinski definition) is 2. The van der Waals surface area contributed by atoms with Crippen LogP contribution in [0.1, 0.15) is 22.5 Å². The van der Waals surface area contributed by atoms with Gasteiger partial charge in [0.15, 0.2) is 11.3 Å². The van der Waals surface area contributed by atoms with Gasteiger partial charge >= 0.3 is 6.18 Å². The Labute approximate surface area is 135 Å². The first-order valence-corrected chi connectivity index (χ1v) is 7.27. The van der Waals surface area contributed by atoms with Gasteiger partial charge in [-0.15, -0.1) is 0 Å². The van der Waals surface area contributed by atoms with E-state index < -0.39 is 11.9 Å². The molecule has 0 atom stereocenters. The van der Waals surface area contributed by atoms with Crippen LogP contribution >= 0.6 is 11.6 Å². The highest BCUT2D eigenvalue weighted by molar-refractivity contribution is 6.34. The summed E-state index contributed by atoms with van der Waals surface area (Å²) in [4.78, 5) is 4.28. The molecule has 0 bridgehead atoms. The first-order chi connectivity index (χ1) is 10.7. The largest absolute Gasteiger partial charge is 0.433 e. The summed E-state index contributed by atoms with van der Waals surface area (Å²) in [6.45, 7) is 5.39. The lowest BCUT2D eigenvalue weighted by Crippen LogP contribution is -2.13. The van der Waals surface area contributed by atoms with Gasteiger partial charge in [0.1, 0.15) is 5.02 Å². The second-order valence-electron chi connectivity index (χ2n) is 5.46. The monoisotopic (exact) mass is 339 g/mol. The normalized spacial score (nSPS) is 12.1. The van der Waals surface area contributed by atoms with E-state index in [9.17, 15) is 13.2 Å². The van der Waals surface area contributed by atoms with Gasteiger partial charge in [0.2, 0.25) is 0 Å². The molecule has 0 N–H and O–H groups in total. The quantitative estimate of drug-likeness (QED) is 0.625. The van der Waals surface area contributed by atoms with E-state index in [2.05, 4.69) is 10.1 Å². The first kappa shape index (κ1) is 15.8. The Kier molecular flexibility index (Phi) is 3.59. The van der Waals surface area contributed by atoms with E-state index in [1.807, 2.05) is 26.0 Å². The van der Waals surface area contributed by atoms with E-state index in [0.717, 1.165) is 21.7 Å². The number of aryl methyl sites for hydroxylation is 3. The number of aromatic nitrogens is 3. The van der Waals surface area contributed by atoms with E-state index in [0.29, 0.717) is 11.3 Å². The van der Waals surface area contributed by atoms with E-state index in [1.165, 1.54) is 0 Å². The lowest BCUT2D eigenvalue weighted by atomic mass is 10.0. The SMILES string of the molecule is Cc1ccc(-c2cc(C(F)(F)F)n3nc(C)c(Cl)c3n2)cc1C. The maximum absolute atomic E-state index is 13.4. The van der Waals surface area contributed by atoms with Gasteiger partial charge in [0, 0.05) is 5.56 Å². The Morgan fingerprint density at radius 1 is 1.04 bits per heavy atom. The maximum Gasteiger partial charge on any atom is 0.433 e. The molecule has 2 heterocycles. The molecule has 0 aliphatic carbocycles. The van der Waals surface area contributed by atoms with Crippen molar-refractivity contribution < 1.29 is 13.2 Å². The minimum Gasteiger partial charge on any atom is -0.227 e. The average Bonchev–Trinajstić information content (AvgIpc) is 2.75. The summed E-state index contributed by atoms with van der Waals surface area (Å²) in [5.41, 5.74) is 2.28. The lowest BCUT2D eigenvalue weighted by Gasteiger charge is -2.12. The zero-order chi connectivity index (χ0) is 16.9. The minimum atomic E-state index is -4.56. The van der Waals surface area contributed by atoms with Gasteiger partial charge in [-0.3, -0.25) is 0 Å². The molecule has 3 rings (SSSR count). The average molecular weight is 340 g/mol. The van der Waals surface area contributed by atoms with Gasteiger partial charge in [-0.1, -0.05) is 23.7 Å². The predicted octanol–water partition coefficient (Wildman–Crippen LogP) is 4.99. The molecule has 23 heavy (non-hydrogen) atoms. The fourth-order valence-corrected chi connectivity index (χ4v) is 2.51. The molecule has 0 spiro atoms. The van der Waals surface area contributed by atoms with Gasteiger partial charge in [-0.25, -0.2) is 9.50 Å². The van der Waals surface area contributed by atoms with Crippen molar-refractivity contribution >= 4 is 17.2 Å². The summed E-state index contributed by atoms with van der Waals surface area (Å²) in [6, 6.07) is 6.41. The molecule has 2 aromatic heterocycles. The third kappa shape index (κ3) is 2.67. The van der Waals surface area contributed by atoms with Crippen molar-refractivity contribution in [3.8, 4) is 11.3 Å². The smallest absolute Gasteiger partial charge is 0.227 e. The van der Waals surface area contributed by atoms with Crippen LogP contribution in [-0.2, 0) is 6.18 Å². The van der Waals surface area contributed by atoms with Crippen LogP contribution in [0.3, 0.4) is 0 Å². The standard InChI is InChI=1S/C16H13ClF3N3/c1-8-4-5-11(6-9(8)2)12-7-13(16(18,19)20)23-15(21-12)14(17)10(3)22-23/h4-7H,1-3H3. The number of benzene rings is 1.